The third kappa shape index (κ3) is 29.2. The molecule has 2 heteroatoms. The normalized spacial score (nSPS) is 11.4. The van der Waals surface area contributed by atoms with Crippen molar-refractivity contribution in [2.24, 2.45) is 11.8 Å². The van der Waals surface area contributed by atoms with Crippen LogP contribution in [0.15, 0.2) is 0 Å². The molecule has 1 nitrogen and oxygen atoms in total. The molecular formula is C26H55NaO. The zero-order chi connectivity index (χ0) is 20.0. The van der Waals surface area contributed by atoms with Gasteiger partial charge in [-0.15, -0.1) is 0 Å². The zero-order valence-corrected chi connectivity index (χ0v) is 19.7. The third-order valence-electron chi connectivity index (χ3n) is 5.64. The summed E-state index contributed by atoms with van der Waals surface area (Å²) in [6.07, 6.45) is 25.3. The van der Waals surface area contributed by atoms with Gasteiger partial charge in [0.05, 0.1) is 0 Å². The second kappa shape index (κ2) is 26.0. The summed E-state index contributed by atoms with van der Waals surface area (Å²) >= 11 is 0. The fourth-order valence-corrected chi connectivity index (χ4v) is 3.74. The van der Waals surface area contributed by atoms with Gasteiger partial charge in [0.1, 0.15) is 0 Å². The first-order chi connectivity index (χ1) is 13.1. The second-order valence-electron chi connectivity index (χ2n) is 9.63. The van der Waals surface area contributed by atoms with E-state index in [0.717, 1.165) is 25.0 Å². The van der Waals surface area contributed by atoms with Gasteiger partial charge >= 0.3 is 29.6 Å². The van der Waals surface area contributed by atoms with E-state index < -0.39 is 0 Å². The summed E-state index contributed by atoms with van der Waals surface area (Å²) in [7, 11) is 0. The Morgan fingerprint density at radius 2 is 0.643 bits per heavy atom. The van der Waals surface area contributed by atoms with Gasteiger partial charge in [-0.25, -0.2) is 0 Å². The molecule has 0 saturated carbocycles. The molecule has 0 aliphatic carbocycles. The molecule has 0 amide bonds. The van der Waals surface area contributed by atoms with Crippen molar-refractivity contribution < 1.29 is 4.74 Å². The summed E-state index contributed by atoms with van der Waals surface area (Å²) in [6, 6.07) is 0. The average molecular weight is 407 g/mol. The molecule has 0 aromatic carbocycles. The zero-order valence-electron chi connectivity index (χ0n) is 19.7. The predicted octanol–water partition coefficient (Wildman–Crippen LogP) is 8.69. The van der Waals surface area contributed by atoms with Gasteiger partial charge in [0, 0.05) is 13.2 Å². The van der Waals surface area contributed by atoms with Crippen LogP contribution in [0, 0.1) is 11.8 Å². The summed E-state index contributed by atoms with van der Waals surface area (Å²) in [4.78, 5) is 0. The van der Waals surface area contributed by atoms with E-state index in [1.54, 1.807) is 0 Å². The van der Waals surface area contributed by atoms with Crippen LogP contribution in [0.25, 0.3) is 0 Å². The van der Waals surface area contributed by atoms with Crippen molar-refractivity contribution in [3.8, 4) is 0 Å². The van der Waals surface area contributed by atoms with Gasteiger partial charge in [0.25, 0.3) is 0 Å². The minimum absolute atomic E-state index is 0. The topological polar surface area (TPSA) is 9.23 Å². The predicted molar refractivity (Wildman–Crippen MR) is 131 cm³/mol. The van der Waals surface area contributed by atoms with E-state index in [1.807, 2.05) is 0 Å². The Hall–Kier alpha value is 0.960. The quantitative estimate of drug-likeness (QED) is 0.129. The first-order valence-electron chi connectivity index (χ1n) is 12.7. The van der Waals surface area contributed by atoms with Gasteiger partial charge in [0.15, 0.2) is 0 Å². The molecule has 0 atom stereocenters. The number of hydrogen-bond acceptors (Lipinski definition) is 1. The molecule has 0 N–H and O–H groups in total. The average Bonchev–Trinajstić information content (AvgIpc) is 2.62. The van der Waals surface area contributed by atoms with E-state index in [0.29, 0.717) is 0 Å². The molecule has 0 spiro atoms. The van der Waals surface area contributed by atoms with Crippen LogP contribution in [0.2, 0.25) is 0 Å². The molecule has 0 aliphatic rings. The SMILES string of the molecule is CC(C)CCCCCCCCCCOCCCCCCCCCCC(C)C.[NaH]. The van der Waals surface area contributed by atoms with Crippen molar-refractivity contribution in [1.29, 1.82) is 0 Å². The Bertz CT molecular complexity index is 239. The van der Waals surface area contributed by atoms with Gasteiger partial charge in [-0.3, -0.25) is 0 Å². The maximum absolute atomic E-state index is 5.80. The number of rotatable bonds is 22. The Morgan fingerprint density at radius 3 is 0.929 bits per heavy atom. The molecule has 0 rings (SSSR count). The van der Waals surface area contributed by atoms with E-state index in [1.165, 1.54) is 116 Å². The van der Waals surface area contributed by atoms with E-state index in [4.69, 9.17) is 4.74 Å². The summed E-state index contributed by atoms with van der Waals surface area (Å²) in [5.74, 6) is 1.77. The van der Waals surface area contributed by atoms with Crippen LogP contribution in [-0.4, -0.2) is 42.8 Å². The number of hydrogen-bond donors (Lipinski definition) is 0. The van der Waals surface area contributed by atoms with Crippen molar-refractivity contribution in [3.63, 3.8) is 0 Å². The van der Waals surface area contributed by atoms with Crippen molar-refractivity contribution in [3.05, 3.63) is 0 Å². The van der Waals surface area contributed by atoms with Gasteiger partial charge in [0.2, 0.25) is 0 Å². The van der Waals surface area contributed by atoms with Crippen LogP contribution in [-0.2, 0) is 4.74 Å². The van der Waals surface area contributed by atoms with Crippen molar-refractivity contribution in [2.45, 2.75) is 143 Å². The van der Waals surface area contributed by atoms with Crippen LogP contribution in [0.1, 0.15) is 143 Å². The molecule has 0 aliphatic heterocycles. The van der Waals surface area contributed by atoms with Crippen molar-refractivity contribution in [2.75, 3.05) is 13.2 Å². The fourth-order valence-electron chi connectivity index (χ4n) is 3.74. The van der Waals surface area contributed by atoms with E-state index >= 15 is 0 Å². The summed E-state index contributed by atoms with van der Waals surface area (Å²) in [5.41, 5.74) is 0. The monoisotopic (exact) mass is 406 g/mol. The maximum atomic E-state index is 5.80. The number of ether oxygens (including phenoxy) is 1. The molecule has 0 aromatic rings. The van der Waals surface area contributed by atoms with E-state index in [9.17, 15) is 0 Å². The molecule has 0 heterocycles. The number of unbranched alkanes of at least 4 members (excludes halogenated alkanes) is 14. The summed E-state index contributed by atoms with van der Waals surface area (Å²) in [5, 5.41) is 0. The second-order valence-corrected chi connectivity index (χ2v) is 9.63. The minimum atomic E-state index is 0. The molecule has 0 saturated heterocycles. The van der Waals surface area contributed by atoms with E-state index in [2.05, 4.69) is 27.7 Å². The van der Waals surface area contributed by atoms with Crippen LogP contribution < -0.4 is 0 Å². The summed E-state index contributed by atoms with van der Waals surface area (Å²) < 4.78 is 5.80. The Kier molecular flexibility index (Phi) is 28.9. The van der Waals surface area contributed by atoms with E-state index in [-0.39, 0.29) is 29.6 Å². The molecule has 0 fully saturated rings. The fraction of sp³-hybridized carbons (Fsp3) is 1.00. The molecule has 0 radical (unpaired) electrons. The van der Waals surface area contributed by atoms with Gasteiger partial charge in [-0.2, -0.15) is 0 Å². The molecular weight excluding hydrogens is 351 g/mol. The van der Waals surface area contributed by atoms with Gasteiger partial charge in [-0.1, -0.05) is 130 Å². The third-order valence-corrected chi connectivity index (χ3v) is 5.64. The van der Waals surface area contributed by atoms with Crippen LogP contribution in [0.3, 0.4) is 0 Å². The van der Waals surface area contributed by atoms with Crippen molar-refractivity contribution >= 4 is 29.6 Å². The summed E-state index contributed by atoms with van der Waals surface area (Å²) in [6.45, 7) is 11.3. The Labute approximate surface area is 201 Å². The van der Waals surface area contributed by atoms with Crippen LogP contribution in [0.4, 0.5) is 0 Å². The molecule has 0 aromatic heterocycles. The first-order valence-corrected chi connectivity index (χ1v) is 12.7. The van der Waals surface area contributed by atoms with Crippen LogP contribution in [0.5, 0.6) is 0 Å². The van der Waals surface area contributed by atoms with Gasteiger partial charge in [-0.05, 0) is 24.7 Å². The van der Waals surface area contributed by atoms with Gasteiger partial charge < -0.3 is 4.74 Å². The molecule has 0 unspecified atom stereocenters. The first kappa shape index (κ1) is 31.1. The standard InChI is InChI=1S/C26H54O.Na.H/c1-25(2)21-17-13-9-5-7-11-15-19-23-27-24-20-16-12-8-6-10-14-18-22-26(3)4;;/h25-26H,5-24H2,1-4H3;;. The molecule has 166 valence electrons. The Morgan fingerprint density at radius 1 is 0.393 bits per heavy atom. The van der Waals surface area contributed by atoms with Crippen molar-refractivity contribution in [1.82, 2.24) is 0 Å². The molecule has 28 heavy (non-hydrogen) atoms. The van der Waals surface area contributed by atoms with Crippen LogP contribution >= 0.6 is 0 Å². The Balaban J connectivity index is 0. The molecule has 0 bridgehead atoms.